The Hall–Kier alpha value is -3.50. The van der Waals surface area contributed by atoms with Crippen LogP contribution in [0.2, 0.25) is 0 Å². The lowest BCUT2D eigenvalue weighted by molar-refractivity contribution is -0.146. The number of ether oxygens (including phenoxy) is 2. The third-order valence-corrected chi connectivity index (χ3v) is 5.33. The molecule has 11 heteroatoms. The Morgan fingerprint density at radius 2 is 2.03 bits per heavy atom. The molecule has 0 bridgehead atoms. The van der Waals surface area contributed by atoms with Crippen molar-refractivity contribution in [2.45, 2.75) is 18.6 Å². The average molecular weight is 423 g/mol. The maximum atomic E-state index is 13.6. The molecule has 1 atom stereocenters. The van der Waals surface area contributed by atoms with Gasteiger partial charge in [0.1, 0.15) is 11.7 Å². The monoisotopic (exact) mass is 423 g/mol. The molecule has 7 nitrogen and oxygen atoms in total. The zero-order valence-corrected chi connectivity index (χ0v) is 15.1. The first-order chi connectivity index (χ1) is 14.2. The van der Waals surface area contributed by atoms with E-state index < -0.39 is 36.4 Å². The van der Waals surface area contributed by atoms with Gasteiger partial charge in [0, 0.05) is 30.4 Å². The number of anilines is 2. The summed E-state index contributed by atoms with van der Waals surface area (Å²) in [5, 5.41) is 5.18. The van der Waals surface area contributed by atoms with Crippen molar-refractivity contribution in [1.82, 2.24) is 5.32 Å². The van der Waals surface area contributed by atoms with Gasteiger partial charge in [0.2, 0.25) is 6.79 Å². The minimum Gasteiger partial charge on any atom is -0.453 e. The Bertz CT molecular complexity index is 1100. The van der Waals surface area contributed by atoms with E-state index in [-0.39, 0.29) is 47.3 Å². The van der Waals surface area contributed by atoms with Crippen molar-refractivity contribution < 1.29 is 36.6 Å². The predicted molar refractivity (Wildman–Crippen MR) is 95.3 cm³/mol. The Morgan fingerprint density at radius 3 is 2.80 bits per heavy atom. The number of fused-ring (bicyclic) bond motifs is 4. The van der Waals surface area contributed by atoms with Crippen LogP contribution < -0.4 is 25.0 Å². The number of benzene rings is 2. The summed E-state index contributed by atoms with van der Waals surface area (Å²) < 4.78 is 64.5. The number of rotatable bonds is 1. The molecule has 0 radical (unpaired) electrons. The fourth-order valence-corrected chi connectivity index (χ4v) is 3.96. The van der Waals surface area contributed by atoms with E-state index in [0.29, 0.717) is 5.56 Å². The first kappa shape index (κ1) is 18.5. The maximum absolute atomic E-state index is 13.6. The van der Waals surface area contributed by atoms with Crippen molar-refractivity contribution in [2.24, 2.45) is 0 Å². The smallest absolute Gasteiger partial charge is 0.397 e. The van der Waals surface area contributed by atoms with Crippen LogP contribution in [0.15, 0.2) is 24.3 Å². The van der Waals surface area contributed by atoms with Crippen LogP contribution in [0.1, 0.15) is 27.4 Å². The van der Waals surface area contributed by atoms with Gasteiger partial charge >= 0.3 is 12.2 Å². The van der Waals surface area contributed by atoms with Crippen molar-refractivity contribution in [3.63, 3.8) is 0 Å². The summed E-state index contributed by atoms with van der Waals surface area (Å²) in [7, 11) is 0. The number of amides is 3. The Labute approximate surface area is 166 Å². The fraction of sp³-hybridized carbons (Fsp3) is 0.263. The molecule has 2 N–H and O–H groups in total. The molecule has 0 spiro atoms. The zero-order valence-electron chi connectivity index (χ0n) is 15.1. The molecular formula is C19H13F4N3O4. The number of nitrogens with zero attached hydrogens (tertiary/aromatic N) is 1. The first-order valence-corrected chi connectivity index (χ1v) is 8.92. The van der Waals surface area contributed by atoms with Gasteiger partial charge in [-0.2, -0.15) is 13.2 Å². The second-order valence-corrected chi connectivity index (χ2v) is 7.03. The van der Waals surface area contributed by atoms with Crippen molar-refractivity contribution in [3.05, 3.63) is 46.8 Å². The Kier molecular flexibility index (Phi) is 3.86. The van der Waals surface area contributed by atoms with Gasteiger partial charge in [-0.15, -0.1) is 0 Å². The lowest BCUT2D eigenvalue weighted by atomic mass is 10.0. The highest BCUT2D eigenvalue weighted by molar-refractivity contribution is 6.08. The number of urea groups is 1. The molecule has 1 unspecified atom stereocenters. The number of hydrogen-bond acceptors (Lipinski definition) is 4. The van der Waals surface area contributed by atoms with E-state index >= 15 is 0 Å². The van der Waals surface area contributed by atoms with Gasteiger partial charge in [-0.05, 0) is 23.8 Å². The molecule has 0 aromatic heterocycles. The molecule has 5 rings (SSSR count). The normalized spacial score (nSPS) is 18.9. The predicted octanol–water partition coefficient (Wildman–Crippen LogP) is 3.50. The second-order valence-electron chi connectivity index (χ2n) is 7.03. The van der Waals surface area contributed by atoms with Gasteiger partial charge in [0.25, 0.3) is 5.91 Å². The van der Waals surface area contributed by atoms with E-state index in [1.165, 1.54) is 6.07 Å². The first-order valence-electron chi connectivity index (χ1n) is 8.92. The van der Waals surface area contributed by atoms with E-state index in [0.717, 1.165) is 23.1 Å². The topological polar surface area (TPSA) is 79.9 Å². The SMILES string of the molecule is O=C1NCc2c(NC(=O)N3CC(C(F)(F)F)c4cc(F)ccc43)cc3c(c21)OCO3. The molecule has 0 fully saturated rings. The summed E-state index contributed by atoms with van der Waals surface area (Å²) in [5.41, 5.74) is 0.561. The third-order valence-electron chi connectivity index (χ3n) is 5.33. The van der Waals surface area contributed by atoms with Crippen LogP contribution >= 0.6 is 0 Å². The van der Waals surface area contributed by atoms with E-state index in [1.807, 2.05) is 0 Å². The van der Waals surface area contributed by atoms with Crippen molar-refractivity contribution in [1.29, 1.82) is 0 Å². The molecule has 0 saturated heterocycles. The van der Waals surface area contributed by atoms with Crippen LogP contribution in [0, 0.1) is 5.82 Å². The molecule has 30 heavy (non-hydrogen) atoms. The van der Waals surface area contributed by atoms with Gasteiger partial charge in [-0.25, -0.2) is 9.18 Å². The van der Waals surface area contributed by atoms with Crippen LogP contribution in [0.4, 0.5) is 33.7 Å². The van der Waals surface area contributed by atoms with E-state index in [9.17, 15) is 27.2 Å². The summed E-state index contributed by atoms with van der Waals surface area (Å²) in [6.07, 6.45) is -4.64. The second kappa shape index (κ2) is 6.25. The number of hydrogen-bond donors (Lipinski definition) is 2. The molecule has 0 aliphatic carbocycles. The lowest BCUT2D eigenvalue weighted by Gasteiger charge is -2.20. The molecule has 156 valence electrons. The number of nitrogens with one attached hydrogen (secondary N) is 2. The molecule has 2 aromatic carbocycles. The van der Waals surface area contributed by atoms with Crippen molar-refractivity contribution >= 4 is 23.3 Å². The minimum atomic E-state index is -4.64. The highest BCUT2D eigenvalue weighted by Gasteiger charge is 2.48. The molecule has 3 heterocycles. The highest BCUT2D eigenvalue weighted by Crippen LogP contribution is 2.47. The molecular weight excluding hydrogens is 410 g/mol. The van der Waals surface area contributed by atoms with Crippen LogP contribution in [0.3, 0.4) is 0 Å². The minimum absolute atomic E-state index is 0.0252. The number of carbonyl (C=O) groups is 2. The van der Waals surface area contributed by atoms with E-state index in [1.54, 1.807) is 0 Å². The van der Waals surface area contributed by atoms with Crippen LogP contribution in [0.25, 0.3) is 0 Å². The molecule has 3 amide bonds. The largest absolute Gasteiger partial charge is 0.453 e. The molecule has 3 aliphatic heterocycles. The summed E-state index contributed by atoms with van der Waals surface area (Å²) in [6.45, 7) is -0.657. The van der Waals surface area contributed by atoms with Crippen LogP contribution in [-0.2, 0) is 6.54 Å². The van der Waals surface area contributed by atoms with Gasteiger partial charge in [0.05, 0.1) is 11.3 Å². The van der Waals surface area contributed by atoms with Gasteiger partial charge in [-0.1, -0.05) is 0 Å². The Balaban J connectivity index is 1.50. The van der Waals surface area contributed by atoms with Crippen molar-refractivity contribution in [3.8, 4) is 11.5 Å². The van der Waals surface area contributed by atoms with Gasteiger partial charge < -0.3 is 20.1 Å². The highest BCUT2D eigenvalue weighted by atomic mass is 19.4. The fourth-order valence-electron chi connectivity index (χ4n) is 3.96. The quantitative estimate of drug-likeness (QED) is 0.689. The number of halogens is 4. The van der Waals surface area contributed by atoms with Gasteiger partial charge in [-0.3, -0.25) is 9.69 Å². The summed E-state index contributed by atoms with van der Waals surface area (Å²) in [6, 6.07) is 3.56. The van der Waals surface area contributed by atoms with Crippen LogP contribution in [-0.4, -0.2) is 31.5 Å². The summed E-state index contributed by atoms with van der Waals surface area (Å²) >= 11 is 0. The molecule has 2 aromatic rings. The average Bonchev–Trinajstić information content (AvgIpc) is 3.37. The summed E-state index contributed by atoms with van der Waals surface area (Å²) in [4.78, 5) is 25.9. The maximum Gasteiger partial charge on any atom is 0.397 e. The standard InChI is InChI=1S/C19H13F4N3O4/c20-8-1-2-13-9(3-8)11(19(21,22)23)6-26(13)18(28)25-12-4-14-16(30-7-29-14)15-10(12)5-24-17(15)27/h1-4,11H,5-7H2,(H,24,27)(H,25,28). The molecule has 0 saturated carbocycles. The Morgan fingerprint density at radius 1 is 1.23 bits per heavy atom. The number of carbonyl (C=O) groups excluding carboxylic acids is 2. The molecule has 3 aliphatic rings. The zero-order chi connectivity index (χ0) is 21.2. The van der Waals surface area contributed by atoms with Gasteiger partial charge in [0.15, 0.2) is 11.5 Å². The summed E-state index contributed by atoms with van der Waals surface area (Å²) in [5.74, 6) is -2.71. The third kappa shape index (κ3) is 2.72. The van der Waals surface area contributed by atoms with E-state index in [4.69, 9.17) is 9.47 Å². The van der Waals surface area contributed by atoms with E-state index in [2.05, 4.69) is 10.6 Å². The number of alkyl halides is 3. The lowest BCUT2D eigenvalue weighted by Crippen LogP contribution is -2.36. The van der Waals surface area contributed by atoms with Crippen molar-refractivity contribution in [2.75, 3.05) is 23.6 Å². The van der Waals surface area contributed by atoms with Crippen LogP contribution in [0.5, 0.6) is 11.5 Å².